The van der Waals surface area contributed by atoms with E-state index in [1.807, 2.05) is 6.92 Å². The predicted molar refractivity (Wildman–Crippen MR) is 117 cm³/mol. The molecule has 3 aromatic rings. The van der Waals surface area contributed by atoms with Gasteiger partial charge in [0.05, 0.1) is 10.5 Å². The number of amides is 1. The first-order valence-corrected chi connectivity index (χ1v) is 11.2. The van der Waals surface area contributed by atoms with Crippen molar-refractivity contribution in [3.05, 3.63) is 82.9 Å². The quantitative estimate of drug-likeness (QED) is 0.550. The van der Waals surface area contributed by atoms with Crippen molar-refractivity contribution in [2.24, 2.45) is 5.14 Å². The average molecular weight is 462 g/mol. The van der Waals surface area contributed by atoms with Crippen molar-refractivity contribution in [3.63, 3.8) is 0 Å². The van der Waals surface area contributed by atoms with E-state index in [2.05, 4.69) is 5.32 Å². The van der Waals surface area contributed by atoms with Crippen LogP contribution in [-0.4, -0.2) is 14.3 Å². The SMILES string of the molecule is CCc1cc(NC(=O)c2ccc(S(N)(=O)=O)c(C)c2)ccc1-c1ccccc1C(F)(F)F. The van der Waals surface area contributed by atoms with E-state index in [1.54, 1.807) is 18.2 Å². The van der Waals surface area contributed by atoms with Crippen LogP contribution in [0.3, 0.4) is 0 Å². The van der Waals surface area contributed by atoms with Gasteiger partial charge in [-0.2, -0.15) is 13.2 Å². The number of rotatable bonds is 5. The molecule has 0 radical (unpaired) electrons. The van der Waals surface area contributed by atoms with E-state index in [4.69, 9.17) is 5.14 Å². The van der Waals surface area contributed by atoms with Crippen LogP contribution < -0.4 is 10.5 Å². The summed E-state index contributed by atoms with van der Waals surface area (Å²) in [6, 6.07) is 14.1. The van der Waals surface area contributed by atoms with Gasteiger partial charge in [-0.25, -0.2) is 13.6 Å². The topological polar surface area (TPSA) is 89.3 Å². The summed E-state index contributed by atoms with van der Waals surface area (Å²) in [6.45, 7) is 3.34. The first-order valence-electron chi connectivity index (χ1n) is 9.66. The van der Waals surface area contributed by atoms with E-state index in [-0.39, 0.29) is 16.0 Å². The van der Waals surface area contributed by atoms with Gasteiger partial charge in [0.15, 0.2) is 0 Å². The van der Waals surface area contributed by atoms with E-state index in [0.29, 0.717) is 28.8 Å². The second-order valence-corrected chi connectivity index (χ2v) is 8.78. The smallest absolute Gasteiger partial charge is 0.322 e. The lowest BCUT2D eigenvalue weighted by Crippen LogP contribution is -2.16. The zero-order chi connectivity index (χ0) is 23.7. The van der Waals surface area contributed by atoms with Gasteiger partial charge in [-0.15, -0.1) is 0 Å². The van der Waals surface area contributed by atoms with Gasteiger partial charge in [-0.1, -0.05) is 31.2 Å². The van der Waals surface area contributed by atoms with E-state index in [1.165, 1.54) is 43.3 Å². The van der Waals surface area contributed by atoms with Gasteiger partial charge in [-0.05, 0) is 72.0 Å². The van der Waals surface area contributed by atoms with Crippen molar-refractivity contribution in [1.29, 1.82) is 0 Å². The van der Waals surface area contributed by atoms with Crippen molar-refractivity contribution in [2.75, 3.05) is 5.32 Å². The number of primary sulfonamides is 1. The fraction of sp³-hybridized carbons (Fsp3) is 0.174. The number of carbonyl (C=O) groups is 1. The number of sulfonamides is 1. The first kappa shape index (κ1) is 23.5. The molecular weight excluding hydrogens is 441 g/mol. The molecule has 9 heteroatoms. The molecule has 3 N–H and O–H groups in total. The molecule has 0 bridgehead atoms. The van der Waals surface area contributed by atoms with E-state index in [9.17, 15) is 26.4 Å². The molecule has 0 unspecified atom stereocenters. The molecule has 0 spiro atoms. The van der Waals surface area contributed by atoms with Gasteiger partial charge in [0.25, 0.3) is 5.91 Å². The second-order valence-electron chi connectivity index (χ2n) is 7.25. The number of benzene rings is 3. The molecule has 0 aliphatic heterocycles. The summed E-state index contributed by atoms with van der Waals surface area (Å²) in [7, 11) is -3.90. The Morgan fingerprint density at radius 3 is 2.28 bits per heavy atom. The van der Waals surface area contributed by atoms with Gasteiger partial charge in [0.1, 0.15) is 0 Å². The van der Waals surface area contributed by atoms with Crippen LogP contribution in [0, 0.1) is 6.92 Å². The normalized spacial score (nSPS) is 11.9. The number of anilines is 1. The van der Waals surface area contributed by atoms with Crippen LogP contribution >= 0.6 is 0 Å². The van der Waals surface area contributed by atoms with Crippen LogP contribution in [0.2, 0.25) is 0 Å². The molecule has 0 aliphatic carbocycles. The van der Waals surface area contributed by atoms with Gasteiger partial charge in [0.2, 0.25) is 10.0 Å². The Labute approximate surface area is 184 Å². The lowest BCUT2D eigenvalue weighted by molar-refractivity contribution is -0.137. The third kappa shape index (κ3) is 5.00. The molecule has 168 valence electrons. The predicted octanol–water partition coefficient (Wildman–Crippen LogP) is 5.14. The van der Waals surface area contributed by atoms with Crippen LogP contribution in [0.25, 0.3) is 11.1 Å². The van der Waals surface area contributed by atoms with Gasteiger partial charge >= 0.3 is 6.18 Å². The molecule has 0 aromatic heterocycles. The molecule has 0 aliphatic rings. The molecule has 1 amide bonds. The molecule has 3 aromatic carbocycles. The first-order chi connectivity index (χ1) is 14.9. The highest BCUT2D eigenvalue weighted by atomic mass is 32.2. The van der Waals surface area contributed by atoms with Crippen molar-refractivity contribution >= 4 is 21.6 Å². The zero-order valence-electron chi connectivity index (χ0n) is 17.3. The van der Waals surface area contributed by atoms with E-state index >= 15 is 0 Å². The maximum Gasteiger partial charge on any atom is 0.417 e. The summed E-state index contributed by atoms with van der Waals surface area (Å²) < 4.78 is 63.4. The maximum absolute atomic E-state index is 13.4. The lowest BCUT2D eigenvalue weighted by Gasteiger charge is -2.16. The molecule has 0 saturated carbocycles. The van der Waals surface area contributed by atoms with Gasteiger partial charge in [-0.3, -0.25) is 4.79 Å². The van der Waals surface area contributed by atoms with Gasteiger partial charge < -0.3 is 5.32 Å². The number of hydrogen-bond acceptors (Lipinski definition) is 3. The summed E-state index contributed by atoms with van der Waals surface area (Å²) in [5.74, 6) is -0.487. The summed E-state index contributed by atoms with van der Waals surface area (Å²) in [4.78, 5) is 12.6. The highest BCUT2D eigenvalue weighted by Crippen LogP contribution is 2.38. The molecule has 3 rings (SSSR count). The van der Waals surface area contributed by atoms with Crippen LogP contribution in [-0.2, 0) is 22.6 Å². The number of halogens is 3. The highest BCUT2D eigenvalue weighted by Gasteiger charge is 2.33. The Morgan fingerprint density at radius 2 is 1.69 bits per heavy atom. The molecule has 0 fully saturated rings. The Morgan fingerprint density at radius 1 is 1.00 bits per heavy atom. The number of nitrogens with two attached hydrogens (primary N) is 1. The van der Waals surface area contributed by atoms with Crippen LogP contribution in [0.15, 0.2) is 65.6 Å². The molecule has 0 heterocycles. The molecule has 5 nitrogen and oxygen atoms in total. The fourth-order valence-corrected chi connectivity index (χ4v) is 4.27. The Balaban J connectivity index is 1.93. The Kier molecular flexibility index (Phi) is 6.43. The lowest BCUT2D eigenvalue weighted by atomic mass is 9.93. The minimum Gasteiger partial charge on any atom is -0.322 e. The average Bonchev–Trinajstić information content (AvgIpc) is 2.72. The zero-order valence-corrected chi connectivity index (χ0v) is 18.1. The molecular formula is C23H21F3N2O3S. The fourth-order valence-electron chi connectivity index (χ4n) is 3.51. The van der Waals surface area contributed by atoms with Crippen LogP contribution in [0.5, 0.6) is 0 Å². The summed E-state index contributed by atoms with van der Waals surface area (Å²) in [5, 5.41) is 7.84. The van der Waals surface area contributed by atoms with Crippen molar-refractivity contribution < 1.29 is 26.4 Å². The van der Waals surface area contributed by atoms with Crippen LogP contribution in [0.1, 0.15) is 34.0 Å². The van der Waals surface area contributed by atoms with Crippen LogP contribution in [0.4, 0.5) is 18.9 Å². The molecule has 0 saturated heterocycles. The third-order valence-electron chi connectivity index (χ3n) is 5.01. The van der Waals surface area contributed by atoms with Gasteiger partial charge in [0, 0.05) is 11.3 Å². The summed E-state index contributed by atoms with van der Waals surface area (Å²) in [6.07, 6.45) is -4.04. The maximum atomic E-state index is 13.4. The molecule has 0 atom stereocenters. The van der Waals surface area contributed by atoms with E-state index in [0.717, 1.165) is 6.07 Å². The van der Waals surface area contributed by atoms with Crippen molar-refractivity contribution in [1.82, 2.24) is 0 Å². The Hall–Kier alpha value is -3.17. The Bertz CT molecular complexity index is 1290. The number of nitrogens with one attached hydrogen (secondary N) is 1. The minimum atomic E-state index is -4.49. The number of aryl methyl sites for hydroxylation is 2. The number of carbonyl (C=O) groups excluding carboxylic acids is 1. The monoisotopic (exact) mass is 462 g/mol. The standard InChI is InChI=1S/C23H21F3N2O3S/c1-3-15-13-17(9-10-18(15)19-6-4-5-7-20(19)23(24,25)26)28-22(29)16-8-11-21(14(2)12-16)32(27,30)31/h4-13H,3H2,1-2H3,(H,28,29)(H2,27,30,31). The summed E-state index contributed by atoms with van der Waals surface area (Å²) >= 11 is 0. The summed E-state index contributed by atoms with van der Waals surface area (Å²) in [5.41, 5.74) is 1.38. The number of alkyl halides is 3. The van der Waals surface area contributed by atoms with Crippen molar-refractivity contribution in [2.45, 2.75) is 31.3 Å². The minimum absolute atomic E-state index is 0.0731. The largest absolute Gasteiger partial charge is 0.417 e. The molecule has 32 heavy (non-hydrogen) atoms. The number of hydrogen-bond donors (Lipinski definition) is 2. The second kappa shape index (κ2) is 8.76. The third-order valence-corrected chi connectivity index (χ3v) is 6.08. The van der Waals surface area contributed by atoms with Crippen molar-refractivity contribution in [3.8, 4) is 11.1 Å². The highest BCUT2D eigenvalue weighted by molar-refractivity contribution is 7.89. The van der Waals surface area contributed by atoms with E-state index < -0.39 is 27.7 Å².